The van der Waals surface area contributed by atoms with Crippen molar-refractivity contribution in [1.82, 2.24) is 0 Å². The van der Waals surface area contributed by atoms with Gasteiger partial charge < -0.3 is 14.2 Å². The molecule has 27 heavy (non-hydrogen) atoms. The second kappa shape index (κ2) is 8.94. The lowest BCUT2D eigenvalue weighted by Gasteiger charge is -2.10. The van der Waals surface area contributed by atoms with E-state index in [1.54, 1.807) is 0 Å². The molecule has 2 aromatic carbocycles. The predicted octanol–water partition coefficient (Wildman–Crippen LogP) is 2.84. The Balaban J connectivity index is 1.98. The normalized spacial score (nSPS) is 10.4. The Morgan fingerprint density at radius 2 is 1.78 bits per heavy atom. The van der Waals surface area contributed by atoms with Crippen LogP contribution >= 0.6 is 0 Å². The van der Waals surface area contributed by atoms with Crippen molar-refractivity contribution in [1.29, 1.82) is 0 Å². The van der Waals surface area contributed by atoms with Gasteiger partial charge in [-0.25, -0.2) is 4.79 Å². The first-order chi connectivity index (χ1) is 12.9. The Morgan fingerprint density at radius 3 is 2.37 bits per heavy atom. The van der Waals surface area contributed by atoms with Crippen molar-refractivity contribution in [3.05, 3.63) is 74.5 Å². The van der Waals surface area contributed by atoms with Gasteiger partial charge in [0.05, 0.1) is 17.0 Å². The van der Waals surface area contributed by atoms with Crippen LogP contribution in [0.2, 0.25) is 0 Å². The summed E-state index contributed by atoms with van der Waals surface area (Å²) in [5, 5.41) is 20.9. The molecule has 0 aliphatic carbocycles. The smallest absolute Gasteiger partial charge is 0.349 e. The average molecular weight is 374 g/mol. The van der Waals surface area contributed by atoms with Crippen LogP contribution in [0.3, 0.4) is 0 Å². The zero-order chi connectivity index (χ0) is 19.8. The molecular formula is C17H14N2O8. The van der Waals surface area contributed by atoms with Crippen LogP contribution in [-0.4, -0.2) is 29.5 Å². The molecule has 0 fully saturated rings. The van der Waals surface area contributed by atoms with Gasteiger partial charge in [-0.05, 0) is 29.8 Å². The largest absolute Gasteiger partial charge is 0.493 e. The van der Waals surface area contributed by atoms with E-state index in [2.05, 4.69) is 0 Å². The second-order valence-electron chi connectivity index (χ2n) is 5.03. The molecule has 0 aromatic heterocycles. The summed E-state index contributed by atoms with van der Waals surface area (Å²) in [4.78, 5) is 31.7. The number of carbonyl (C=O) groups is 1. The molecule has 0 aliphatic rings. The topological polar surface area (TPSA) is 131 Å². The van der Waals surface area contributed by atoms with Crippen molar-refractivity contribution in [2.75, 3.05) is 13.7 Å². The standard InChI is InChI=1S/C17H14N2O8/c1-25-16-10-12(8-9-18(21)22)2-7-15(16)27-17(20)11-26-14-5-3-13(4-6-14)19(23)24/h2-10H,11H2,1H3. The SMILES string of the molecule is COc1cc(C=C[N+](=O)[O-])ccc1OC(=O)COc1ccc([N+](=O)[O-])cc1. The number of nitro benzene ring substituents is 1. The van der Waals surface area contributed by atoms with Gasteiger partial charge in [0.15, 0.2) is 18.1 Å². The van der Waals surface area contributed by atoms with Gasteiger partial charge in [0.2, 0.25) is 6.20 Å². The van der Waals surface area contributed by atoms with Gasteiger partial charge in [0, 0.05) is 18.2 Å². The van der Waals surface area contributed by atoms with E-state index in [-0.39, 0.29) is 22.9 Å². The van der Waals surface area contributed by atoms with Crippen molar-refractivity contribution in [2.24, 2.45) is 0 Å². The number of methoxy groups -OCH3 is 1. The highest BCUT2D eigenvalue weighted by Gasteiger charge is 2.12. The Hall–Kier alpha value is -3.95. The van der Waals surface area contributed by atoms with Crippen molar-refractivity contribution < 1.29 is 28.9 Å². The first kappa shape index (κ1) is 19.4. The molecule has 10 nitrogen and oxygen atoms in total. The van der Waals surface area contributed by atoms with Crippen LogP contribution in [0.5, 0.6) is 17.2 Å². The van der Waals surface area contributed by atoms with E-state index in [9.17, 15) is 25.0 Å². The molecule has 0 amide bonds. The van der Waals surface area contributed by atoms with Crippen LogP contribution in [0.15, 0.2) is 48.7 Å². The Bertz CT molecular complexity index is 877. The van der Waals surface area contributed by atoms with E-state index in [1.165, 1.54) is 55.7 Å². The molecule has 0 spiro atoms. The number of hydrogen-bond acceptors (Lipinski definition) is 8. The van der Waals surface area contributed by atoms with E-state index >= 15 is 0 Å². The maximum Gasteiger partial charge on any atom is 0.349 e. The minimum Gasteiger partial charge on any atom is -0.493 e. The van der Waals surface area contributed by atoms with E-state index in [4.69, 9.17) is 14.2 Å². The maximum atomic E-state index is 11.9. The first-order valence-electron chi connectivity index (χ1n) is 7.46. The highest BCUT2D eigenvalue weighted by Crippen LogP contribution is 2.28. The fourth-order valence-corrected chi connectivity index (χ4v) is 1.98. The van der Waals surface area contributed by atoms with Gasteiger partial charge in [-0.3, -0.25) is 20.2 Å². The molecule has 2 aromatic rings. The van der Waals surface area contributed by atoms with E-state index in [1.807, 2.05) is 0 Å². The van der Waals surface area contributed by atoms with E-state index < -0.39 is 22.4 Å². The van der Waals surface area contributed by atoms with Crippen LogP contribution in [0.25, 0.3) is 6.08 Å². The van der Waals surface area contributed by atoms with Crippen molar-refractivity contribution in [3.8, 4) is 17.2 Å². The molecule has 0 heterocycles. The van der Waals surface area contributed by atoms with Crippen LogP contribution < -0.4 is 14.2 Å². The van der Waals surface area contributed by atoms with Gasteiger partial charge in [-0.15, -0.1) is 0 Å². The zero-order valence-electron chi connectivity index (χ0n) is 14.1. The lowest BCUT2D eigenvalue weighted by Crippen LogP contribution is -2.18. The molecule has 0 radical (unpaired) electrons. The number of rotatable bonds is 8. The quantitative estimate of drug-likeness (QED) is 0.298. The fraction of sp³-hybridized carbons (Fsp3) is 0.118. The third-order valence-electron chi connectivity index (χ3n) is 3.20. The summed E-state index contributed by atoms with van der Waals surface area (Å²) in [5.41, 5.74) is 0.395. The summed E-state index contributed by atoms with van der Waals surface area (Å²) < 4.78 is 15.5. The second-order valence-corrected chi connectivity index (χ2v) is 5.03. The molecule has 0 bridgehead atoms. The first-order valence-corrected chi connectivity index (χ1v) is 7.46. The molecule has 140 valence electrons. The lowest BCUT2D eigenvalue weighted by molar-refractivity contribution is -0.400. The number of non-ortho nitro benzene ring substituents is 1. The number of benzene rings is 2. The summed E-state index contributed by atoms with van der Waals surface area (Å²) in [6, 6.07) is 9.65. The molecule has 0 atom stereocenters. The van der Waals surface area contributed by atoms with Gasteiger partial charge >= 0.3 is 5.97 Å². The lowest BCUT2D eigenvalue weighted by atomic mass is 10.2. The van der Waals surface area contributed by atoms with Gasteiger partial charge in [0.1, 0.15) is 5.75 Å². The Kier molecular flexibility index (Phi) is 6.42. The van der Waals surface area contributed by atoms with Crippen LogP contribution in [0.4, 0.5) is 5.69 Å². The fourth-order valence-electron chi connectivity index (χ4n) is 1.98. The highest BCUT2D eigenvalue weighted by atomic mass is 16.6. The number of carbonyl (C=O) groups excluding carboxylic acids is 1. The third-order valence-corrected chi connectivity index (χ3v) is 3.20. The summed E-state index contributed by atoms with van der Waals surface area (Å²) in [5.74, 6) is -0.123. The maximum absolute atomic E-state index is 11.9. The number of nitro groups is 2. The van der Waals surface area contributed by atoms with Crippen LogP contribution in [0.1, 0.15) is 5.56 Å². The van der Waals surface area contributed by atoms with Gasteiger partial charge in [-0.2, -0.15) is 0 Å². The highest BCUT2D eigenvalue weighted by molar-refractivity contribution is 5.75. The number of esters is 1. The summed E-state index contributed by atoms with van der Waals surface area (Å²) in [6.45, 7) is -0.427. The van der Waals surface area contributed by atoms with Gasteiger partial charge in [-0.1, -0.05) is 6.07 Å². The molecule has 10 heteroatoms. The van der Waals surface area contributed by atoms with Crippen molar-refractivity contribution in [2.45, 2.75) is 0 Å². The van der Waals surface area contributed by atoms with Gasteiger partial charge in [0.25, 0.3) is 5.69 Å². The summed E-state index contributed by atoms with van der Waals surface area (Å²) in [6.07, 6.45) is 2.05. The summed E-state index contributed by atoms with van der Waals surface area (Å²) >= 11 is 0. The average Bonchev–Trinajstić information content (AvgIpc) is 2.65. The monoisotopic (exact) mass is 374 g/mol. The molecular weight excluding hydrogens is 360 g/mol. The molecule has 2 rings (SSSR count). The molecule has 0 saturated heterocycles. The van der Waals surface area contributed by atoms with Crippen molar-refractivity contribution in [3.63, 3.8) is 0 Å². The predicted molar refractivity (Wildman–Crippen MR) is 93.2 cm³/mol. The number of ether oxygens (including phenoxy) is 3. The zero-order valence-corrected chi connectivity index (χ0v) is 14.1. The van der Waals surface area contributed by atoms with Crippen LogP contribution in [-0.2, 0) is 4.79 Å². The molecule has 0 unspecified atom stereocenters. The molecule has 0 saturated carbocycles. The van der Waals surface area contributed by atoms with E-state index in [0.717, 1.165) is 6.20 Å². The Labute approximate surface area is 152 Å². The number of hydrogen-bond donors (Lipinski definition) is 0. The van der Waals surface area contributed by atoms with Crippen molar-refractivity contribution >= 4 is 17.7 Å². The minimum atomic E-state index is -0.722. The Morgan fingerprint density at radius 1 is 1.07 bits per heavy atom. The third kappa shape index (κ3) is 5.81. The summed E-state index contributed by atoms with van der Waals surface area (Å²) in [7, 11) is 1.36. The minimum absolute atomic E-state index is 0.0964. The molecule has 0 aliphatic heterocycles. The van der Waals surface area contributed by atoms with E-state index in [0.29, 0.717) is 5.56 Å². The van der Waals surface area contributed by atoms with Crippen LogP contribution in [0, 0.1) is 20.2 Å². The number of nitrogens with zero attached hydrogens (tertiary/aromatic N) is 2. The molecule has 0 N–H and O–H groups in total.